The molecule has 0 saturated heterocycles. The fourth-order valence-corrected chi connectivity index (χ4v) is 1.97. The Labute approximate surface area is 103 Å². The van der Waals surface area contributed by atoms with Crippen molar-refractivity contribution in [1.82, 2.24) is 9.55 Å². The molecule has 0 fully saturated rings. The van der Waals surface area contributed by atoms with Crippen molar-refractivity contribution in [2.45, 2.75) is 6.10 Å². The number of halogens is 2. The number of aliphatic hydroxyl groups excluding tert-OH is 1. The Balaban J connectivity index is 2.37. The number of rotatable bonds is 2. The molecular weight excluding hydrogens is 247 g/mol. The van der Waals surface area contributed by atoms with Crippen LogP contribution in [0.4, 0.5) is 0 Å². The van der Waals surface area contributed by atoms with E-state index in [4.69, 9.17) is 23.2 Å². The Kier molecular flexibility index (Phi) is 3.19. The van der Waals surface area contributed by atoms with Crippen LogP contribution in [0.5, 0.6) is 0 Å². The third-order valence-electron chi connectivity index (χ3n) is 2.26. The summed E-state index contributed by atoms with van der Waals surface area (Å²) in [6.45, 7) is 0. The monoisotopic (exact) mass is 256 g/mol. The van der Waals surface area contributed by atoms with Gasteiger partial charge in [-0.3, -0.25) is 0 Å². The molecule has 16 heavy (non-hydrogen) atoms. The van der Waals surface area contributed by atoms with Crippen molar-refractivity contribution >= 4 is 23.2 Å². The smallest absolute Gasteiger partial charge is 0.124 e. The average Bonchev–Trinajstić information content (AvgIpc) is 2.64. The van der Waals surface area contributed by atoms with Gasteiger partial charge in [-0.2, -0.15) is 0 Å². The van der Waals surface area contributed by atoms with E-state index in [2.05, 4.69) is 4.98 Å². The van der Waals surface area contributed by atoms with Crippen LogP contribution >= 0.6 is 23.2 Å². The Bertz CT molecular complexity index is 510. The molecule has 1 unspecified atom stereocenters. The van der Waals surface area contributed by atoms with Gasteiger partial charge in [0.25, 0.3) is 0 Å². The van der Waals surface area contributed by atoms with Crippen molar-refractivity contribution in [2.75, 3.05) is 0 Å². The van der Waals surface area contributed by atoms with Crippen molar-refractivity contribution in [3.63, 3.8) is 0 Å². The standard InChI is InChI=1S/C11H10Cl2N2O/c1-15-5-10(14-6-15)11(16)8-3-2-7(12)4-9(8)13/h2-6,11,16H,1H3. The lowest BCUT2D eigenvalue weighted by Crippen LogP contribution is -2.00. The van der Waals surface area contributed by atoms with Crippen LogP contribution < -0.4 is 0 Å². The summed E-state index contributed by atoms with van der Waals surface area (Å²) in [5.74, 6) is 0. The normalized spacial score (nSPS) is 12.8. The van der Waals surface area contributed by atoms with Crippen LogP contribution in [0.3, 0.4) is 0 Å². The summed E-state index contributed by atoms with van der Waals surface area (Å²) in [6.07, 6.45) is 2.55. The molecule has 0 bridgehead atoms. The van der Waals surface area contributed by atoms with Crippen molar-refractivity contribution < 1.29 is 5.11 Å². The Hall–Kier alpha value is -1.03. The van der Waals surface area contributed by atoms with Gasteiger partial charge in [-0.05, 0) is 12.1 Å². The lowest BCUT2D eigenvalue weighted by molar-refractivity contribution is 0.216. The summed E-state index contributed by atoms with van der Waals surface area (Å²) in [6, 6.07) is 4.99. The highest BCUT2D eigenvalue weighted by Crippen LogP contribution is 2.29. The first-order chi connectivity index (χ1) is 7.58. The van der Waals surface area contributed by atoms with Gasteiger partial charge >= 0.3 is 0 Å². The third-order valence-corrected chi connectivity index (χ3v) is 2.82. The second-order valence-corrected chi connectivity index (χ2v) is 4.38. The highest BCUT2D eigenvalue weighted by atomic mass is 35.5. The van der Waals surface area contributed by atoms with E-state index >= 15 is 0 Å². The number of aliphatic hydroxyl groups is 1. The molecule has 1 atom stereocenters. The highest BCUT2D eigenvalue weighted by molar-refractivity contribution is 6.35. The third kappa shape index (κ3) is 2.21. The van der Waals surface area contributed by atoms with Gasteiger partial charge in [0.2, 0.25) is 0 Å². The van der Waals surface area contributed by atoms with E-state index in [1.807, 2.05) is 7.05 Å². The van der Waals surface area contributed by atoms with Crippen LogP contribution in [-0.2, 0) is 7.05 Å². The highest BCUT2D eigenvalue weighted by Gasteiger charge is 2.16. The van der Waals surface area contributed by atoms with Gasteiger partial charge < -0.3 is 9.67 Å². The summed E-state index contributed by atoms with van der Waals surface area (Å²) in [7, 11) is 1.84. The first-order valence-corrected chi connectivity index (χ1v) is 5.44. The number of benzene rings is 1. The van der Waals surface area contributed by atoms with Gasteiger partial charge in [0.15, 0.2) is 0 Å². The molecule has 3 nitrogen and oxygen atoms in total. The van der Waals surface area contributed by atoms with Crippen molar-refractivity contribution in [1.29, 1.82) is 0 Å². The number of imidazole rings is 1. The zero-order valence-electron chi connectivity index (χ0n) is 8.56. The van der Waals surface area contributed by atoms with Gasteiger partial charge in [0.1, 0.15) is 6.10 Å². The van der Waals surface area contributed by atoms with E-state index in [0.717, 1.165) is 0 Å². The lowest BCUT2D eigenvalue weighted by atomic mass is 10.1. The molecule has 2 rings (SSSR count). The second-order valence-electron chi connectivity index (χ2n) is 3.53. The Morgan fingerprint density at radius 3 is 2.69 bits per heavy atom. The topological polar surface area (TPSA) is 38.0 Å². The van der Waals surface area contributed by atoms with Crippen LogP contribution in [0.1, 0.15) is 17.4 Å². The summed E-state index contributed by atoms with van der Waals surface area (Å²) in [5, 5.41) is 11.1. The van der Waals surface area contributed by atoms with Crippen LogP contribution in [0, 0.1) is 0 Å². The Morgan fingerprint density at radius 1 is 1.38 bits per heavy atom. The first kappa shape index (κ1) is 11.5. The molecule has 5 heteroatoms. The van der Waals surface area contributed by atoms with E-state index in [-0.39, 0.29) is 0 Å². The summed E-state index contributed by atoms with van der Waals surface area (Å²) >= 11 is 11.8. The molecule has 1 N–H and O–H groups in total. The molecule has 0 aliphatic heterocycles. The minimum atomic E-state index is -0.828. The minimum Gasteiger partial charge on any atom is -0.382 e. The van der Waals surface area contributed by atoms with Crippen LogP contribution in [0.25, 0.3) is 0 Å². The zero-order valence-corrected chi connectivity index (χ0v) is 10.1. The summed E-state index contributed by atoms with van der Waals surface area (Å²) in [4.78, 5) is 4.08. The van der Waals surface area contributed by atoms with Crippen LogP contribution in [0.2, 0.25) is 10.0 Å². The van der Waals surface area contributed by atoms with E-state index in [1.54, 1.807) is 35.3 Å². The lowest BCUT2D eigenvalue weighted by Gasteiger charge is -2.10. The Morgan fingerprint density at radius 2 is 2.12 bits per heavy atom. The number of hydrogen-bond acceptors (Lipinski definition) is 2. The molecule has 0 amide bonds. The minimum absolute atomic E-state index is 0.436. The molecule has 0 aliphatic carbocycles. The predicted molar refractivity (Wildman–Crippen MR) is 63.7 cm³/mol. The van der Waals surface area contributed by atoms with E-state index in [1.165, 1.54) is 0 Å². The second kappa shape index (κ2) is 4.45. The van der Waals surface area contributed by atoms with E-state index in [0.29, 0.717) is 21.3 Å². The maximum absolute atomic E-state index is 10.1. The largest absolute Gasteiger partial charge is 0.382 e. The van der Waals surface area contributed by atoms with Gasteiger partial charge in [-0.25, -0.2) is 4.98 Å². The molecule has 84 valence electrons. The predicted octanol–water partition coefficient (Wildman–Crippen LogP) is 2.81. The average molecular weight is 257 g/mol. The molecule has 1 aromatic heterocycles. The van der Waals surface area contributed by atoms with Crippen molar-refractivity contribution in [3.05, 3.63) is 52.0 Å². The van der Waals surface area contributed by atoms with Gasteiger partial charge in [-0.15, -0.1) is 0 Å². The fourth-order valence-electron chi connectivity index (χ4n) is 1.46. The maximum atomic E-state index is 10.1. The van der Waals surface area contributed by atoms with Gasteiger partial charge in [0.05, 0.1) is 12.0 Å². The number of aryl methyl sites for hydroxylation is 1. The molecule has 1 aromatic carbocycles. The molecule has 1 heterocycles. The van der Waals surface area contributed by atoms with Crippen molar-refractivity contribution in [3.8, 4) is 0 Å². The summed E-state index contributed by atoms with van der Waals surface area (Å²) < 4.78 is 1.77. The SMILES string of the molecule is Cn1cnc(C(O)c2ccc(Cl)cc2Cl)c1. The van der Waals surface area contributed by atoms with Crippen LogP contribution in [-0.4, -0.2) is 14.7 Å². The van der Waals surface area contributed by atoms with Crippen molar-refractivity contribution in [2.24, 2.45) is 7.05 Å². The number of aromatic nitrogens is 2. The number of hydrogen-bond donors (Lipinski definition) is 1. The molecular formula is C11H10Cl2N2O. The number of nitrogens with zero attached hydrogens (tertiary/aromatic N) is 2. The fraction of sp³-hybridized carbons (Fsp3) is 0.182. The van der Waals surface area contributed by atoms with Gasteiger partial charge in [0, 0.05) is 28.9 Å². The quantitative estimate of drug-likeness (QED) is 0.898. The molecule has 0 saturated carbocycles. The van der Waals surface area contributed by atoms with E-state index in [9.17, 15) is 5.11 Å². The van der Waals surface area contributed by atoms with Gasteiger partial charge in [-0.1, -0.05) is 29.3 Å². The molecule has 2 aromatic rings. The van der Waals surface area contributed by atoms with E-state index < -0.39 is 6.10 Å². The zero-order chi connectivity index (χ0) is 11.7. The molecule has 0 aliphatic rings. The maximum Gasteiger partial charge on any atom is 0.124 e. The molecule has 0 spiro atoms. The first-order valence-electron chi connectivity index (χ1n) is 4.69. The molecule has 0 radical (unpaired) electrons. The van der Waals surface area contributed by atoms with Crippen LogP contribution in [0.15, 0.2) is 30.7 Å². The summed E-state index contributed by atoms with van der Waals surface area (Å²) in [5.41, 5.74) is 1.16.